The molecule has 2 heteroatoms. The number of hydrogen-bond acceptors (Lipinski definition) is 1. The molecule has 0 fully saturated rings. The fraction of sp³-hybridized carbons (Fsp3) is 0.667. The molecule has 0 aromatic heterocycles. The van der Waals surface area contributed by atoms with Gasteiger partial charge >= 0.3 is 0 Å². The average molecular weight is 153 g/mol. The Morgan fingerprint density at radius 3 is 2.27 bits per heavy atom. The fourth-order valence-electron chi connectivity index (χ4n) is 1.65. The van der Waals surface area contributed by atoms with Gasteiger partial charge in [-0.3, -0.25) is 4.48 Å². The zero-order valence-electron chi connectivity index (χ0n) is 7.67. The van der Waals surface area contributed by atoms with Crippen molar-refractivity contribution in [3.8, 4) is 0 Å². The first-order chi connectivity index (χ1) is 5.29. The Bertz CT molecular complexity index is 188. The van der Waals surface area contributed by atoms with Crippen LogP contribution in [0.4, 0.5) is 0 Å². The summed E-state index contributed by atoms with van der Waals surface area (Å²) < 4.78 is 0.969. The van der Waals surface area contributed by atoms with Gasteiger partial charge in [0, 0.05) is 6.42 Å². The molecule has 0 unspecified atom stereocenters. The molecule has 0 radical (unpaired) electrons. The van der Waals surface area contributed by atoms with Gasteiger partial charge in [0.25, 0.3) is 0 Å². The molecule has 1 aliphatic rings. The third-order valence-corrected chi connectivity index (χ3v) is 2.53. The minimum atomic E-state index is 0.969. The second kappa shape index (κ2) is 3.18. The van der Waals surface area contributed by atoms with Crippen molar-refractivity contribution in [3.05, 3.63) is 12.4 Å². The molecule has 0 saturated heterocycles. The van der Waals surface area contributed by atoms with Gasteiger partial charge in [0.1, 0.15) is 6.20 Å². The van der Waals surface area contributed by atoms with Crippen LogP contribution in [-0.4, -0.2) is 23.4 Å². The van der Waals surface area contributed by atoms with E-state index in [0.717, 1.165) is 24.0 Å². The lowest BCUT2D eigenvalue weighted by molar-refractivity contribution is -0.783. The topological polar surface area (TPSA) is 12.4 Å². The maximum absolute atomic E-state index is 4.36. The number of aliphatic imine (C=N–C) groups is 1. The molecule has 1 aliphatic heterocycles. The molecule has 62 valence electrons. The molecule has 0 aliphatic carbocycles. The molecule has 1 rings (SSSR count). The SMILES string of the molecule is CCC1=NC=C[N+]1(CC)CC. The van der Waals surface area contributed by atoms with Crippen LogP contribution in [0, 0.1) is 0 Å². The lowest BCUT2D eigenvalue weighted by atomic mass is 10.3. The van der Waals surface area contributed by atoms with Crippen LogP contribution in [0.1, 0.15) is 27.2 Å². The summed E-state index contributed by atoms with van der Waals surface area (Å²) >= 11 is 0. The van der Waals surface area contributed by atoms with Crippen molar-refractivity contribution in [2.45, 2.75) is 27.2 Å². The van der Waals surface area contributed by atoms with E-state index in [1.54, 1.807) is 0 Å². The number of hydrogen-bond donors (Lipinski definition) is 0. The average Bonchev–Trinajstić information content (AvgIpc) is 2.47. The number of nitrogens with zero attached hydrogens (tertiary/aromatic N) is 2. The van der Waals surface area contributed by atoms with Gasteiger partial charge in [0.15, 0.2) is 0 Å². The number of amidine groups is 1. The van der Waals surface area contributed by atoms with Gasteiger partial charge in [0.2, 0.25) is 5.84 Å². The third-order valence-electron chi connectivity index (χ3n) is 2.53. The predicted molar refractivity (Wildman–Crippen MR) is 48.2 cm³/mol. The highest BCUT2D eigenvalue weighted by molar-refractivity contribution is 5.77. The van der Waals surface area contributed by atoms with Crippen molar-refractivity contribution in [1.29, 1.82) is 0 Å². The first-order valence-corrected chi connectivity index (χ1v) is 4.40. The lowest BCUT2D eigenvalue weighted by Gasteiger charge is -2.29. The van der Waals surface area contributed by atoms with Gasteiger partial charge in [0.05, 0.1) is 19.3 Å². The van der Waals surface area contributed by atoms with E-state index in [1.807, 2.05) is 6.20 Å². The van der Waals surface area contributed by atoms with Crippen LogP contribution in [0.3, 0.4) is 0 Å². The van der Waals surface area contributed by atoms with Gasteiger partial charge in [-0.05, 0) is 13.8 Å². The number of rotatable bonds is 3. The molecule has 2 nitrogen and oxygen atoms in total. The van der Waals surface area contributed by atoms with Crippen molar-refractivity contribution in [3.63, 3.8) is 0 Å². The molecule has 0 saturated carbocycles. The molecule has 11 heavy (non-hydrogen) atoms. The first kappa shape index (κ1) is 8.47. The predicted octanol–water partition coefficient (Wildman–Crippen LogP) is 2.14. The van der Waals surface area contributed by atoms with Crippen molar-refractivity contribution in [2.24, 2.45) is 4.99 Å². The van der Waals surface area contributed by atoms with Crippen LogP contribution >= 0.6 is 0 Å². The Kier molecular flexibility index (Phi) is 2.45. The molecular weight excluding hydrogens is 136 g/mol. The summed E-state index contributed by atoms with van der Waals surface area (Å²) in [6.45, 7) is 8.85. The normalized spacial score (nSPS) is 20.5. The van der Waals surface area contributed by atoms with E-state index < -0.39 is 0 Å². The minimum Gasteiger partial charge on any atom is -0.251 e. The standard InChI is InChI=1S/C9H17N2/c1-4-9-10-7-8-11(9,5-2)6-3/h7-8H,4-6H2,1-3H3/q+1. The summed E-state index contributed by atoms with van der Waals surface area (Å²) in [5.41, 5.74) is 0. The molecule has 0 aromatic rings. The summed E-state index contributed by atoms with van der Waals surface area (Å²) in [6, 6.07) is 0. The Labute approximate surface area is 68.8 Å². The van der Waals surface area contributed by atoms with Gasteiger partial charge in [-0.15, -0.1) is 0 Å². The highest BCUT2D eigenvalue weighted by atomic mass is 15.4. The van der Waals surface area contributed by atoms with E-state index in [1.165, 1.54) is 5.84 Å². The van der Waals surface area contributed by atoms with Crippen LogP contribution in [0.2, 0.25) is 0 Å². The Balaban J connectivity index is 2.83. The summed E-state index contributed by atoms with van der Waals surface area (Å²) in [5.74, 6) is 1.30. The summed E-state index contributed by atoms with van der Waals surface area (Å²) in [4.78, 5) is 4.36. The van der Waals surface area contributed by atoms with E-state index in [9.17, 15) is 0 Å². The molecular formula is C9H17N2+. The summed E-state index contributed by atoms with van der Waals surface area (Å²) in [5, 5.41) is 0. The highest BCUT2D eigenvalue weighted by Crippen LogP contribution is 2.17. The second-order valence-corrected chi connectivity index (χ2v) is 2.86. The molecule has 0 aromatic carbocycles. The molecule has 1 heterocycles. The second-order valence-electron chi connectivity index (χ2n) is 2.86. The molecule has 0 N–H and O–H groups in total. The van der Waals surface area contributed by atoms with Gasteiger partial charge in [-0.2, -0.15) is 0 Å². The quantitative estimate of drug-likeness (QED) is 0.551. The van der Waals surface area contributed by atoms with Crippen molar-refractivity contribution in [2.75, 3.05) is 13.1 Å². The fourth-order valence-corrected chi connectivity index (χ4v) is 1.65. The van der Waals surface area contributed by atoms with E-state index in [2.05, 4.69) is 32.0 Å². The first-order valence-electron chi connectivity index (χ1n) is 4.40. The third kappa shape index (κ3) is 1.23. The smallest absolute Gasteiger partial charge is 0.207 e. The Hall–Kier alpha value is -0.630. The van der Waals surface area contributed by atoms with Crippen molar-refractivity contribution < 1.29 is 4.48 Å². The van der Waals surface area contributed by atoms with E-state index in [0.29, 0.717) is 0 Å². The molecule has 0 atom stereocenters. The number of quaternary nitrogens is 1. The summed E-state index contributed by atoms with van der Waals surface area (Å²) in [7, 11) is 0. The largest absolute Gasteiger partial charge is 0.251 e. The van der Waals surface area contributed by atoms with Crippen molar-refractivity contribution >= 4 is 5.84 Å². The molecule has 0 amide bonds. The van der Waals surface area contributed by atoms with E-state index >= 15 is 0 Å². The van der Waals surface area contributed by atoms with Crippen LogP contribution in [-0.2, 0) is 0 Å². The summed E-state index contributed by atoms with van der Waals surface area (Å²) in [6.07, 6.45) is 5.19. The zero-order chi connectivity index (χ0) is 8.32. The Morgan fingerprint density at radius 1 is 1.27 bits per heavy atom. The highest BCUT2D eigenvalue weighted by Gasteiger charge is 2.29. The minimum absolute atomic E-state index is 0.969. The molecule has 0 spiro atoms. The Morgan fingerprint density at radius 2 is 1.91 bits per heavy atom. The van der Waals surface area contributed by atoms with Gasteiger partial charge < -0.3 is 0 Å². The van der Waals surface area contributed by atoms with Crippen LogP contribution in [0.5, 0.6) is 0 Å². The van der Waals surface area contributed by atoms with E-state index in [-0.39, 0.29) is 0 Å². The maximum Gasteiger partial charge on any atom is 0.207 e. The molecule has 0 bridgehead atoms. The maximum atomic E-state index is 4.36. The van der Waals surface area contributed by atoms with Crippen LogP contribution < -0.4 is 0 Å². The van der Waals surface area contributed by atoms with Gasteiger partial charge in [-0.1, -0.05) is 6.92 Å². The monoisotopic (exact) mass is 153 g/mol. The van der Waals surface area contributed by atoms with Gasteiger partial charge in [-0.25, -0.2) is 4.99 Å². The zero-order valence-corrected chi connectivity index (χ0v) is 7.67. The van der Waals surface area contributed by atoms with Crippen molar-refractivity contribution in [1.82, 2.24) is 0 Å². The van der Waals surface area contributed by atoms with E-state index in [4.69, 9.17) is 0 Å². The van der Waals surface area contributed by atoms with Crippen LogP contribution in [0.15, 0.2) is 17.4 Å². The lowest BCUT2D eigenvalue weighted by Crippen LogP contribution is -2.45. The van der Waals surface area contributed by atoms with Crippen LogP contribution in [0.25, 0.3) is 0 Å².